The maximum Gasteiger partial charge on any atom is 0.224 e. The zero-order valence-electron chi connectivity index (χ0n) is 17.3. The van der Waals surface area contributed by atoms with E-state index >= 15 is 0 Å². The zero-order valence-corrected chi connectivity index (χ0v) is 17.3. The van der Waals surface area contributed by atoms with Crippen molar-refractivity contribution in [3.8, 4) is 11.6 Å². The largest absolute Gasteiger partial charge is 0.439 e. The van der Waals surface area contributed by atoms with E-state index in [9.17, 15) is 4.39 Å². The van der Waals surface area contributed by atoms with Gasteiger partial charge in [-0.2, -0.15) is 0 Å². The zero-order chi connectivity index (χ0) is 21.0. The average Bonchev–Trinajstić information content (AvgIpc) is 3.27. The van der Waals surface area contributed by atoms with Crippen LogP contribution < -0.4 is 15.4 Å². The number of guanidine groups is 1. The van der Waals surface area contributed by atoms with Gasteiger partial charge in [-0.15, -0.1) is 0 Å². The number of aromatic nitrogens is 1. The molecule has 2 heterocycles. The van der Waals surface area contributed by atoms with Gasteiger partial charge in [0, 0.05) is 51.2 Å². The first kappa shape index (κ1) is 22.0. The first-order valence-electron chi connectivity index (χ1n) is 10.3. The van der Waals surface area contributed by atoms with Gasteiger partial charge in [0.25, 0.3) is 0 Å². The first-order valence-corrected chi connectivity index (χ1v) is 10.3. The van der Waals surface area contributed by atoms with E-state index in [1.54, 1.807) is 25.4 Å². The van der Waals surface area contributed by atoms with Crippen LogP contribution in [0.4, 0.5) is 4.39 Å². The summed E-state index contributed by atoms with van der Waals surface area (Å²) in [7, 11) is 1.72. The number of ether oxygens (including phenoxy) is 3. The molecule has 1 saturated heterocycles. The monoisotopic (exact) mass is 416 g/mol. The van der Waals surface area contributed by atoms with Gasteiger partial charge in [-0.3, -0.25) is 4.99 Å². The fraction of sp³-hybridized carbons (Fsp3) is 0.455. The van der Waals surface area contributed by atoms with Gasteiger partial charge in [-0.25, -0.2) is 9.37 Å². The molecule has 0 bridgehead atoms. The van der Waals surface area contributed by atoms with E-state index in [-0.39, 0.29) is 11.9 Å². The Balaban J connectivity index is 1.40. The van der Waals surface area contributed by atoms with Crippen molar-refractivity contribution in [3.63, 3.8) is 0 Å². The Morgan fingerprint density at radius 3 is 3.03 bits per heavy atom. The molecular weight excluding hydrogens is 387 g/mol. The highest BCUT2D eigenvalue weighted by atomic mass is 19.1. The molecule has 1 atom stereocenters. The number of halogens is 1. The Labute approximate surface area is 176 Å². The molecule has 0 spiro atoms. The average molecular weight is 416 g/mol. The minimum atomic E-state index is -0.354. The smallest absolute Gasteiger partial charge is 0.224 e. The van der Waals surface area contributed by atoms with Crippen molar-refractivity contribution in [2.24, 2.45) is 4.99 Å². The Bertz CT molecular complexity index is 812. The number of benzene rings is 1. The van der Waals surface area contributed by atoms with Crippen LogP contribution in [0.2, 0.25) is 0 Å². The molecule has 3 rings (SSSR count). The van der Waals surface area contributed by atoms with Crippen LogP contribution in [-0.2, 0) is 16.0 Å². The molecule has 1 unspecified atom stereocenters. The third-order valence-electron chi connectivity index (χ3n) is 4.62. The van der Waals surface area contributed by atoms with Crippen molar-refractivity contribution in [2.75, 3.05) is 33.4 Å². The van der Waals surface area contributed by atoms with Crippen LogP contribution in [0.1, 0.15) is 24.8 Å². The third-order valence-corrected chi connectivity index (χ3v) is 4.62. The summed E-state index contributed by atoms with van der Waals surface area (Å²) in [6, 6.07) is 9.72. The van der Waals surface area contributed by atoms with E-state index in [0.717, 1.165) is 38.0 Å². The second-order valence-corrected chi connectivity index (χ2v) is 6.94. The second kappa shape index (κ2) is 12.1. The molecule has 1 fully saturated rings. The summed E-state index contributed by atoms with van der Waals surface area (Å²) >= 11 is 0. The summed E-state index contributed by atoms with van der Waals surface area (Å²) in [5, 5.41) is 6.50. The van der Waals surface area contributed by atoms with Gasteiger partial charge in [-0.1, -0.05) is 12.1 Å². The molecule has 1 aromatic heterocycles. The molecule has 0 aliphatic carbocycles. The van der Waals surface area contributed by atoms with E-state index in [2.05, 4.69) is 20.6 Å². The molecule has 30 heavy (non-hydrogen) atoms. The van der Waals surface area contributed by atoms with Crippen molar-refractivity contribution in [3.05, 3.63) is 54.0 Å². The summed E-state index contributed by atoms with van der Waals surface area (Å²) in [5.41, 5.74) is 0.838. The van der Waals surface area contributed by atoms with Crippen LogP contribution >= 0.6 is 0 Å². The third kappa shape index (κ3) is 7.27. The van der Waals surface area contributed by atoms with Gasteiger partial charge >= 0.3 is 0 Å². The van der Waals surface area contributed by atoms with Gasteiger partial charge < -0.3 is 24.8 Å². The molecule has 0 saturated carbocycles. The lowest BCUT2D eigenvalue weighted by Crippen LogP contribution is -2.37. The molecule has 1 aliphatic rings. The lowest BCUT2D eigenvalue weighted by atomic mass is 10.2. The molecule has 2 N–H and O–H groups in total. The maximum atomic E-state index is 13.4. The van der Waals surface area contributed by atoms with Crippen molar-refractivity contribution in [1.29, 1.82) is 0 Å². The van der Waals surface area contributed by atoms with Gasteiger partial charge in [0.05, 0.1) is 12.7 Å². The first-order chi connectivity index (χ1) is 14.7. The Morgan fingerprint density at radius 1 is 1.30 bits per heavy atom. The number of nitrogens with zero attached hydrogens (tertiary/aromatic N) is 2. The van der Waals surface area contributed by atoms with Crippen molar-refractivity contribution >= 4 is 5.96 Å². The summed E-state index contributed by atoms with van der Waals surface area (Å²) in [6.45, 7) is 3.40. The van der Waals surface area contributed by atoms with Crippen LogP contribution in [0.25, 0.3) is 0 Å². The predicted octanol–water partition coefficient (Wildman–Crippen LogP) is 3.26. The van der Waals surface area contributed by atoms with Gasteiger partial charge in [0.2, 0.25) is 5.88 Å². The van der Waals surface area contributed by atoms with E-state index in [1.807, 2.05) is 12.1 Å². The molecule has 1 aromatic carbocycles. The van der Waals surface area contributed by atoms with Crippen LogP contribution in [0.15, 0.2) is 47.6 Å². The molecule has 1 aliphatic heterocycles. The number of aliphatic imine (C=N–C) groups is 1. The molecule has 0 radical (unpaired) electrons. The van der Waals surface area contributed by atoms with Gasteiger partial charge in [-0.05, 0) is 37.5 Å². The normalized spacial score (nSPS) is 16.5. The minimum Gasteiger partial charge on any atom is -0.439 e. The molecule has 0 amide bonds. The lowest BCUT2D eigenvalue weighted by molar-refractivity contribution is 0.0168. The lowest BCUT2D eigenvalue weighted by Gasteiger charge is -2.14. The van der Waals surface area contributed by atoms with Gasteiger partial charge in [0.15, 0.2) is 5.96 Å². The van der Waals surface area contributed by atoms with E-state index < -0.39 is 0 Å². The predicted molar refractivity (Wildman–Crippen MR) is 113 cm³/mol. The SMILES string of the molecule is CN=C(NCCCOCC1CCCO1)NCc1cccnc1Oc1cccc(F)c1. The fourth-order valence-corrected chi connectivity index (χ4v) is 3.06. The van der Waals surface area contributed by atoms with Crippen LogP contribution in [0.5, 0.6) is 11.6 Å². The molecular formula is C22H29FN4O3. The molecule has 162 valence electrons. The highest BCUT2D eigenvalue weighted by molar-refractivity contribution is 5.79. The number of rotatable bonds is 10. The highest BCUT2D eigenvalue weighted by Crippen LogP contribution is 2.23. The summed E-state index contributed by atoms with van der Waals surface area (Å²) in [5.74, 6) is 1.15. The van der Waals surface area contributed by atoms with Crippen molar-refractivity contribution < 1.29 is 18.6 Å². The van der Waals surface area contributed by atoms with Crippen LogP contribution in [0, 0.1) is 5.82 Å². The van der Waals surface area contributed by atoms with E-state index in [0.29, 0.717) is 37.3 Å². The Kier molecular flexibility index (Phi) is 8.86. The minimum absolute atomic E-state index is 0.260. The summed E-state index contributed by atoms with van der Waals surface area (Å²) in [6.07, 6.45) is 4.99. The van der Waals surface area contributed by atoms with Crippen LogP contribution in [0.3, 0.4) is 0 Å². The number of hydrogen-bond donors (Lipinski definition) is 2. The number of nitrogens with one attached hydrogen (secondary N) is 2. The maximum absolute atomic E-state index is 13.4. The van der Waals surface area contributed by atoms with Crippen LogP contribution in [-0.4, -0.2) is 50.5 Å². The topological polar surface area (TPSA) is 77.0 Å². The Hall–Kier alpha value is -2.71. The highest BCUT2D eigenvalue weighted by Gasteiger charge is 2.15. The fourth-order valence-electron chi connectivity index (χ4n) is 3.06. The standard InChI is InChI=1S/C22H29FN4O3/c1-24-22(26-11-5-12-28-16-20-9-4-13-29-20)27-15-17-6-3-10-25-21(17)30-19-8-2-7-18(23)14-19/h2-3,6-8,10,14,20H,4-5,9,11-13,15-16H2,1H3,(H2,24,26,27). The quantitative estimate of drug-likeness (QED) is 0.352. The van der Waals surface area contributed by atoms with E-state index in [1.165, 1.54) is 12.1 Å². The van der Waals surface area contributed by atoms with Gasteiger partial charge in [0.1, 0.15) is 11.6 Å². The second-order valence-electron chi connectivity index (χ2n) is 6.94. The summed E-state index contributed by atoms with van der Waals surface area (Å²) in [4.78, 5) is 8.50. The summed E-state index contributed by atoms with van der Waals surface area (Å²) < 4.78 is 30.3. The molecule has 7 nitrogen and oxygen atoms in total. The Morgan fingerprint density at radius 2 is 2.23 bits per heavy atom. The van der Waals surface area contributed by atoms with Crippen molar-refractivity contribution in [1.82, 2.24) is 15.6 Å². The van der Waals surface area contributed by atoms with Crippen molar-refractivity contribution in [2.45, 2.75) is 31.9 Å². The van der Waals surface area contributed by atoms with E-state index in [4.69, 9.17) is 14.2 Å². The molecule has 8 heteroatoms. The number of hydrogen-bond acceptors (Lipinski definition) is 5. The molecule has 2 aromatic rings. The number of pyridine rings is 1.